The van der Waals surface area contributed by atoms with Gasteiger partial charge in [0, 0.05) is 23.0 Å². The van der Waals surface area contributed by atoms with E-state index in [-0.39, 0.29) is 5.82 Å². The lowest BCUT2D eigenvalue weighted by molar-refractivity contribution is 0.466. The van der Waals surface area contributed by atoms with Crippen molar-refractivity contribution >= 4 is 11.8 Å². The van der Waals surface area contributed by atoms with Gasteiger partial charge in [-0.1, -0.05) is 13.8 Å². The molecule has 0 aromatic heterocycles. The number of benzene rings is 2. The molecular weight excluding hydrogens is 285 g/mol. The van der Waals surface area contributed by atoms with Crippen LogP contribution in [-0.4, -0.2) is 12.3 Å². The van der Waals surface area contributed by atoms with Gasteiger partial charge < -0.3 is 10.1 Å². The van der Waals surface area contributed by atoms with E-state index >= 15 is 0 Å². The lowest BCUT2D eigenvalue weighted by Gasteiger charge is -2.14. The van der Waals surface area contributed by atoms with Crippen molar-refractivity contribution in [3.8, 4) is 11.5 Å². The molecule has 0 unspecified atom stereocenters. The molecule has 0 fully saturated rings. The molecule has 21 heavy (non-hydrogen) atoms. The molecule has 0 amide bonds. The van der Waals surface area contributed by atoms with Gasteiger partial charge in [-0.05, 0) is 48.7 Å². The van der Waals surface area contributed by atoms with Crippen LogP contribution >= 0.6 is 11.8 Å². The number of nitrogens with one attached hydrogen (secondary N) is 1. The van der Waals surface area contributed by atoms with Crippen LogP contribution in [0.3, 0.4) is 0 Å². The quantitative estimate of drug-likeness (QED) is 0.772. The Balaban J connectivity index is 2.17. The summed E-state index contributed by atoms with van der Waals surface area (Å²) in [6.45, 7) is 4.69. The fourth-order valence-corrected chi connectivity index (χ4v) is 2.28. The maximum atomic E-state index is 13.4. The van der Waals surface area contributed by atoms with E-state index in [9.17, 15) is 4.39 Å². The normalized spacial score (nSPS) is 10.9. The van der Waals surface area contributed by atoms with Crippen LogP contribution in [0, 0.1) is 5.82 Å². The molecule has 112 valence electrons. The second-order valence-electron chi connectivity index (χ2n) is 5.07. The van der Waals surface area contributed by atoms with Crippen LogP contribution in [0.2, 0.25) is 0 Å². The molecule has 2 aromatic carbocycles. The summed E-state index contributed by atoms with van der Waals surface area (Å²) >= 11 is 1.69. The minimum absolute atomic E-state index is 0.249. The third-order valence-corrected chi connectivity index (χ3v) is 3.75. The number of thioether (sulfide) groups is 1. The summed E-state index contributed by atoms with van der Waals surface area (Å²) in [4.78, 5) is 1.18. The minimum Gasteiger partial charge on any atom is -0.457 e. The third-order valence-electron chi connectivity index (χ3n) is 3.01. The number of ether oxygens (including phenoxy) is 1. The van der Waals surface area contributed by atoms with Crippen molar-refractivity contribution in [2.75, 3.05) is 6.26 Å². The van der Waals surface area contributed by atoms with Gasteiger partial charge in [-0.3, -0.25) is 0 Å². The van der Waals surface area contributed by atoms with Crippen LogP contribution in [0.1, 0.15) is 19.4 Å². The molecule has 0 saturated carbocycles. The van der Waals surface area contributed by atoms with Crippen LogP contribution in [0.25, 0.3) is 0 Å². The van der Waals surface area contributed by atoms with Crippen molar-refractivity contribution in [1.82, 2.24) is 5.32 Å². The first-order valence-corrected chi connectivity index (χ1v) is 8.14. The average molecular weight is 305 g/mol. The summed E-state index contributed by atoms with van der Waals surface area (Å²) in [6.07, 6.45) is 2.03. The fraction of sp³-hybridized carbons (Fsp3) is 0.294. The fourth-order valence-electron chi connectivity index (χ4n) is 1.87. The molecule has 0 aliphatic carbocycles. The number of hydrogen-bond acceptors (Lipinski definition) is 3. The summed E-state index contributed by atoms with van der Waals surface area (Å²) in [6, 6.07) is 12.8. The maximum absolute atomic E-state index is 13.4. The van der Waals surface area contributed by atoms with Crippen LogP contribution < -0.4 is 10.1 Å². The summed E-state index contributed by atoms with van der Waals surface area (Å²) < 4.78 is 19.3. The van der Waals surface area contributed by atoms with Crippen molar-refractivity contribution < 1.29 is 9.13 Å². The van der Waals surface area contributed by atoms with Gasteiger partial charge in [0.25, 0.3) is 0 Å². The van der Waals surface area contributed by atoms with E-state index in [1.807, 2.05) is 30.5 Å². The first kappa shape index (κ1) is 15.9. The standard InChI is InChI=1S/C17H20FNOS/c1-12(2)19-11-13-10-14(18)4-9-17(13)20-15-5-7-16(21-3)8-6-15/h4-10,12,19H,11H2,1-3H3. The molecule has 0 aliphatic heterocycles. The second kappa shape index (κ2) is 7.48. The van der Waals surface area contributed by atoms with Crippen LogP contribution in [0.4, 0.5) is 4.39 Å². The Morgan fingerprint density at radius 1 is 1.14 bits per heavy atom. The molecule has 4 heteroatoms. The van der Waals surface area contributed by atoms with E-state index < -0.39 is 0 Å². The molecule has 0 heterocycles. The first-order chi connectivity index (χ1) is 10.1. The Hall–Kier alpha value is -1.52. The van der Waals surface area contributed by atoms with Gasteiger partial charge in [0.05, 0.1) is 0 Å². The smallest absolute Gasteiger partial charge is 0.132 e. The Morgan fingerprint density at radius 2 is 1.86 bits per heavy atom. The zero-order chi connectivity index (χ0) is 15.2. The molecule has 0 bridgehead atoms. The number of halogens is 1. The van der Waals surface area contributed by atoms with Crippen molar-refractivity contribution in [2.45, 2.75) is 31.3 Å². The van der Waals surface area contributed by atoms with Crippen molar-refractivity contribution in [2.24, 2.45) is 0 Å². The molecule has 2 aromatic rings. The van der Waals surface area contributed by atoms with Gasteiger partial charge in [0.15, 0.2) is 0 Å². The molecule has 1 N–H and O–H groups in total. The first-order valence-electron chi connectivity index (χ1n) is 6.92. The third kappa shape index (κ3) is 4.76. The molecule has 0 radical (unpaired) electrons. The number of hydrogen-bond donors (Lipinski definition) is 1. The summed E-state index contributed by atoms with van der Waals surface area (Å²) in [5.41, 5.74) is 0.817. The van der Waals surface area contributed by atoms with E-state index in [1.165, 1.54) is 17.0 Å². The summed E-state index contributed by atoms with van der Waals surface area (Å²) in [7, 11) is 0. The average Bonchev–Trinajstić information content (AvgIpc) is 2.48. The van der Waals surface area contributed by atoms with E-state index in [0.717, 1.165) is 11.3 Å². The van der Waals surface area contributed by atoms with Crippen molar-refractivity contribution in [3.05, 3.63) is 53.8 Å². The van der Waals surface area contributed by atoms with E-state index in [4.69, 9.17) is 4.74 Å². The van der Waals surface area contributed by atoms with Gasteiger partial charge in [-0.15, -0.1) is 11.8 Å². The van der Waals surface area contributed by atoms with Gasteiger partial charge in [-0.2, -0.15) is 0 Å². The molecule has 0 saturated heterocycles. The monoisotopic (exact) mass is 305 g/mol. The maximum Gasteiger partial charge on any atom is 0.132 e. The highest BCUT2D eigenvalue weighted by Gasteiger charge is 2.07. The van der Waals surface area contributed by atoms with E-state index in [0.29, 0.717) is 18.3 Å². The minimum atomic E-state index is -0.249. The summed E-state index contributed by atoms with van der Waals surface area (Å²) in [5, 5.41) is 3.28. The Labute approximate surface area is 129 Å². The Bertz CT molecular complexity index is 584. The molecular formula is C17H20FNOS. The Kier molecular flexibility index (Phi) is 5.65. The lowest BCUT2D eigenvalue weighted by Crippen LogP contribution is -2.22. The van der Waals surface area contributed by atoms with Gasteiger partial charge in [0.2, 0.25) is 0 Å². The lowest BCUT2D eigenvalue weighted by atomic mass is 10.2. The van der Waals surface area contributed by atoms with Gasteiger partial charge in [-0.25, -0.2) is 4.39 Å². The van der Waals surface area contributed by atoms with Gasteiger partial charge >= 0.3 is 0 Å². The van der Waals surface area contributed by atoms with Crippen LogP contribution in [0.15, 0.2) is 47.4 Å². The predicted octanol–water partition coefficient (Wildman–Crippen LogP) is 4.84. The SMILES string of the molecule is CSc1ccc(Oc2ccc(F)cc2CNC(C)C)cc1. The second-order valence-corrected chi connectivity index (χ2v) is 5.94. The van der Waals surface area contributed by atoms with E-state index in [2.05, 4.69) is 19.2 Å². The predicted molar refractivity (Wildman–Crippen MR) is 86.7 cm³/mol. The van der Waals surface area contributed by atoms with E-state index in [1.54, 1.807) is 17.8 Å². The molecule has 2 rings (SSSR count). The number of rotatable bonds is 6. The largest absolute Gasteiger partial charge is 0.457 e. The zero-order valence-electron chi connectivity index (χ0n) is 12.5. The zero-order valence-corrected chi connectivity index (χ0v) is 13.3. The van der Waals surface area contributed by atoms with Crippen molar-refractivity contribution in [1.29, 1.82) is 0 Å². The highest BCUT2D eigenvalue weighted by Crippen LogP contribution is 2.27. The molecule has 0 spiro atoms. The highest BCUT2D eigenvalue weighted by molar-refractivity contribution is 7.98. The molecule has 2 nitrogen and oxygen atoms in total. The Morgan fingerprint density at radius 3 is 2.48 bits per heavy atom. The van der Waals surface area contributed by atoms with Crippen LogP contribution in [-0.2, 0) is 6.54 Å². The molecule has 0 aliphatic rings. The molecule has 0 atom stereocenters. The van der Waals surface area contributed by atoms with Gasteiger partial charge in [0.1, 0.15) is 17.3 Å². The highest BCUT2D eigenvalue weighted by atomic mass is 32.2. The topological polar surface area (TPSA) is 21.3 Å². The van der Waals surface area contributed by atoms with Crippen molar-refractivity contribution in [3.63, 3.8) is 0 Å². The van der Waals surface area contributed by atoms with Crippen LogP contribution in [0.5, 0.6) is 11.5 Å². The summed E-state index contributed by atoms with van der Waals surface area (Å²) in [5.74, 6) is 1.19.